The molecule has 0 unspecified atom stereocenters. The fourth-order valence-corrected chi connectivity index (χ4v) is 2.03. The highest BCUT2D eigenvalue weighted by Gasteiger charge is 2.11. The Morgan fingerprint density at radius 2 is 2.10 bits per heavy atom. The molecule has 0 heterocycles. The Morgan fingerprint density at radius 1 is 1.35 bits per heavy atom. The molecular formula is C14H12ClFN2O2. The predicted molar refractivity (Wildman–Crippen MR) is 76.6 cm³/mol. The van der Waals surface area contributed by atoms with Gasteiger partial charge in [-0.25, -0.2) is 4.39 Å². The minimum atomic E-state index is -0.492. The molecule has 0 aliphatic rings. The van der Waals surface area contributed by atoms with Crippen molar-refractivity contribution in [1.29, 1.82) is 0 Å². The summed E-state index contributed by atoms with van der Waals surface area (Å²) in [4.78, 5) is 10.2. The lowest BCUT2D eigenvalue weighted by atomic mass is 10.1. The highest BCUT2D eigenvalue weighted by Crippen LogP contribution is 2.25. The Kier molecular flexibility index (Phi) is 4.20. The number of halogens is 2. The average molecular weight is 295 g/mol. The van der Waals surface area contributed by atoms with Crippen molar-refractivity contribution >= 4 is 23.0 Å². The van der Waals surface area contributed by atoms with Crippen LogP contribution in [0.15, 0.2) is 36.4 Å². The molecule has 0 bridgehead atoms. The topological polar surface area (TPSA) is 55.2 Å². The van der Waals surface area contributed by atoms with Gasteiger partial charge in [0.05, 0.1) is 10.6 Å². The number of para-hydroxylation sites is 1. The third-order valence-corrected chi connectivity index (χ3v) is 3.29. The highest BCUT2D eigenvalue weighted by molar-refractivity contribution is 6.31. The number of nitrogens with zero attached hydrogens (tertiary/aromatic N) is 1. The molecular weight excluding hydrogens is 283 g/mol. The Morgan fingerprint density at radius 3 is 2.75 bits per heavy atom. The van der Waals surface area contributed by atoms with Crippen LogP contribution >= 0.6 is 11.6 Å². The molecule has 2 rings (SSSR count). The number of benzene rings is 2. The number of aryl methyl sites for hydroxylation is 1. The van der Waals surface area contributed by atoms with Crippen molar-refractivity contribution in [2.75, 3.05) is 5.32 Å². The van der Waals surface area contributed by atoms with Crippen LogP contribution in [0.4, 0.5) is 15.8 Å². The Balaban J connectivity index is 2.23. The lowest BCUT2D eigenvalue weighted by Gasteiger charge is -2.11. The maximum absolute atomic E-state index is 13.7. The number of hydrogen-bond acceptors (Lipinski definition) is 3. The van der Waals surface area contributed by atoms with E-state index in [9.17, 15) is 14.5 Å². The lowest BCUT2D eigenvalue weighted by molar-refractivity contribution is -0.384. The van der Waals surface area contributed by atoms with E-state index in [1.54, 1.807) is 19.1 Å². The number of non-ortho nitro benzene ring substituents is 1. The lowest BCUT2D eigenvalue weighted by Crippen LogP contribution is -2.04. The van der Waals surface area contributed by atoms with Crippen LogP contribution in [0, 0.1) is 22.9 Å². The zero-order valence-corrected chi connectivity index (χ0v) is 11.4. The molecule has 6 heteroatoms. The number of rotatable bonds is 4. The maximum atomic E-state index is 13.7. The van der Waals surface area contributed by atoms with Gasteiger partial charge in [-0.05, 0) is 30.2 Å². The largest absolute Gasteiger partial charge is 0.378 e. The first-order valence-corrected chi connectivity index (χ1v) is 6.28. The van der Waals surface area contributed by atoms with Crippen LogP contribution in [0.2, 0.25) is 5.02 Å². The molecule has 1 N–H and O–H groups in total. The Hall–Kier alpha value is -2.14. The highest BCUT2D eigenvalue weighted by atomic mass is 35.5. The van der Waals surface area contributed by atoms with Crippen molar-refractivity contribution < 1.29 is 9.31 Å². The number of nitrogens with one attached hydrogen (secondary N) is 1. The van der Waals surface area contributed by atoms with Gasteiger partial charge in [0.1, 0.15) is 5.82 Å². The first-order chi connectivity index (χ1) is 9.49. The number of nitro benzene ring substituents is 1. The van der Waals surface area contributed by atoms with Crippen molar-refractivity contribution in [2.45, 2.75) is 13.5 Å². The summed E-state index contributed by atoms with van der Waals surface area (Å²) >= 11 is 5.99. The van der Waals surface area contributed by atoms with Crippen LogP contribution in [-0.4, -0.2) is 4.92 Å². The fourth-order valence-electron chi connectivity index (χ4n) is 1.85. The van der Waals surface area contributed by atoms with Gasteiger partial charge in [-0.15, -0.1) is 0 Å². The third kappa shape index (κ3) is 3.05. The van der Waals surface area contributed by atoms with Crippen molar-refractivity contribution in [3.05, 3.63) is 68.5 Å². The summed E-state index contributed by atoms with van der Waals surface area (Å²) < 4.78 is 13.7. The minimum absolute atomic E-state index is 0.0449. The van der Waals surface area contributed by atoms with Crippen molar-refractivity contribution in [3.8, 4) is 0 Å². The quantitative estimate of drug-likeness (QED) is 0.675. The second-order valence-electron chi connectivity index (χ2n) is 4.32. The summed E-state index contributed by atoms with van der Waals surface area (Å²) in [6.45, 7) is 1.99. The summed E-state index contributed by atoms with van der Waals surface area (Å²) in [6.07, 6.45) is 0. The van der Waals surface area contributed by atoms with E-state index in [1.165, 1.54) is 24.3 Å². The van der Waals surface area contributed by atoms with Gasteiger partial charge in [-0.1, -0.05) is 23.7 Å². The number of hydrogen-bond donors (Lipinski definition) is 1. The third-order valence-electron chi connectivity index (χ3n) is 2.92. The molecule has 0 saturated carbocycles. The standard InChI is InChI=1S/C14H12ClFN2O2/c1-9-3-2-4-13(16)14(9)17-8-10-7-11(18(19)20)5-6-12(10)15/h2-7,17H,8H2,1H3. The van der Waals surface area contributed by atoms with Gasteiger partial charge < -0.3 is 5.32 Å². The summed E-state index contributed by atoms with van der Waals surface area (Å²) in [5, 5.41) is 14.1. The molecule has 2 aromatic carbocycles. The van der Waals surface area contributed by atoms with Crippen LogP contribution in [0.1, 0.15) is 11.1 Å². The van der Waals surface area contributed by atoms with Crippen molar-refractivity contribution in [2.24, 2.45) is 0 Å². The van der Waals surface area contributed by atoms with E-state index in [-0.39, 0.29) is 18.0 Å². The summed E-state index contributed by atoms with van der Waals surface area (Å²) in [6, 6.07) is 8.93. The molecule has 0 spiro atoms. The SMILES string of the molecule is Cc1cccc(F)c1NCc1cc([N+](=O)[O-])ccc1Cl. The maximum Gasteiger partial charge on any atom is 0.269 e. The van der Waals surface area contributed by atoms with Crippen LogP contribution < -0.4 is 5.32 Å². The zero-order valence-electron chi connectivity index (χ0n) is 10.7. The minimum Gasteiger partial charge on any atom is -0.378 e. The smallest absolute Gasteiger partial charge is 0.269 e. The van der Waals surface area contributed by atoms with Crippen LogP contribution in [-0.2, 0) is 6.54 Å². The van der Waals surface area contributed by atoms with E-state index in [4.69, 9.17) is 11.6 Å². The van der Waals surface area contributed by atoms with Gasteiger partial charge in [0.2, 0.25) is 0 Å². The van der Waals surface area contributed by atoms with E-state index >= 15 is 0 Å². The summed E-state index contributed by atoms with van der Waals surface area (Å²) in [5.41, 5.74) is 1.63. The molecule has 0 saturated heterocycles. The van der Waals surface area contributed by atoms with Gasteiger partial charge in [0.25, 0.3) is 5.69 Å². The summed E-state index contributed by atoms with van der Waals surface area (Å²) in [5.74, 6) is -0.369. The predicted octanol–water partition coefficient (Wildman–Crippen LogP) is 4.31. The van der Waals surface area contributed by atoms with E-state index in [0.717, 1.165) is 5.56 Å². The number of anilines is 1. The van der Waals surface area contributed by atoms with Crippen molar-refractivity contribution in [1.82, 2.24) is 0 Å². The molecule has 4 nitrogen and oxygen atoms in total. The molecule has 0 aromatic heterocycles. The molecule has 104 valence electrons. The molecule has 0 aliphatic heterocycles. The first-order valence-electron chi connectivity index (χ1n) is 5.91. The van der Waals surface area contributed by atoms with Gasteiger partial charge in [-0.2, -0.15) is 0 Å². The molecule has 2 aromatic rings. The second kappa shape index (κ2) is 5.88. The molecule has 0 radical (unpaired) electrons. The fraction of sp³-hybridized carbons (Fsp3) is 0.143. The molecule has 0 atom stereocenters. The van der Waals surface area contributed by atoms with Crippen LogP contribution in [0.25, 0.3) is 0 Å². The zero-order chi connectivity index (χ0) is 14.7. The van der Waals surface area contributed by atoms with Gasteiger partial charge in [-0.3, -0.25) is 10.1 Å². The molecule has 0 fully saturated rings. The normalized spacial score (nSPS) is 10.3. The monoisotopic (exact) mass is 294 g/mol. The van der Waals surface area contributed by atoms with Crippen LogP contribution in [0.3, 0.4) is 0 Å². The van der Waals surface area contributed by atoms with E-state index in [2.05, 4.69) is 5.32 Å². The van der Waals surface area contributed by atoms with E-state index in [0.29, 0.717) is 16.3 Å². The Labute approximate surface area is 120 Å². The molecule has 0 amide bonds. The van der Waals surface area contributed by atoms with Crippen LogP contribution in [0.5, 0.6) is 0 Å². The average Bonchev–Trinajstić information content (AvgIpc) is 2.39. The van der Waals surface area contributed by atoms with Crippen molar-refractivity contribution in [3.63, 3.8) is 0 Å². The van der Waals surface area contributed by atoms with Gasteiger partial charge in [0, 0.05) is 23.7 Å². The molecule has 0 aliphatic carbocycles. The van der Waals surface area contributed by atoms with Gasteiger partial charge in [0.15, 0.2) is 0 Å². The number of nitro groups is 1. The van der Waals surface area contributed by atoms with E-state index < -0.39 is 4.92 Å². The van der Waals surface area contributed by atoms with Gasteiger partial charge >= 0.3 is 0 Å². The molecule has 20 heavy (non-hydrogen) atoms. The van der Waals surface area contributed by atoms with E-state index in [1.807, 2.05) is 0 Å². The Bertz CT molecular complexity index is 641. The second-order valence-corrected chi connectivity index (χ2v) is 4.73. The summed E-state index contributed by atoms with van der Waals surface area (Å²) in [7, 11) is 0. The first kappa shape index (κ1) is 14.3.